The van der Waals surface area contributed by atoms with E-state index in [9.17, 15) is 4.39 Å². The Balaban J connectivity index is 2.64. The smallest absolute Gasteiger partial charge is 0.127 e. The van der Waals surface area contributed by atoms with Gasteiger partial charge >= 0.3 is 0 Å². The van der Waals surface area contributed by atoms with Gasteiger partial charge in [-0.2, -0.15) is 0 Å². The molecule has 0 radical (unpaired) electrons. The highest BCUT2D eigenvalue weighted by molar-refractivity contribution is 5.17. The Morgan fingerprint density at radius 2 is 1.94 bits per heavy atom. The molecular weight excluding hydrogens is 203 g/mol. The zero-order valence-electron chi connectivity index (χ0n) is 10.5. The van der Waals surface area contributed by atoms with E-state index in [4.69, 9.17) is 0 Å². The van der Waals surface area contributed by atoms with Crippen LogP contribution in [0.1, 0.15) is 19.4 Å². The number of nitrogens with zero attached hydrogens (tertiary/aromatic N) is 1. The molecule has 2 nitrogen and oxygen atoms in total. The summed E-state index contributed by atoms with van der Waals surface area (Å²) in [7, 11) is 3.96. The maximum atomic E-state index is 13.5. The second kappa shape index (κ2) is 5.97. The van der Waals surface area contributed by atoms with Crippen molar-refractivity contribution < 1.29 is 4.39 Å². The molecule has 2 unspecified atom stereocenters. The molecule has 1 aromatic rings. The van der Waals surface area contributed by atoms with Crippen LogP contribution < -0.4 is 5.32 Å². The molecule has 0 spiro atoms. The van der Waals surface area contributed by atoms with Crippen LogP contribution in [0, 0.1) is 5.82 Å². The van der Waals surface area contributed by atoms with Gasteiger partial charge in [0.05, 0.1) is 0 Å². The largest absolute Gasteiger partial charge is 0.316 e. The van der Waals surface area contributed by atoms with Gasteiger partial charge in [0.1, 0.15) is 5.82 Å². The third kappa shape index (κ3) is 3.29. The van der Waals surface area contributed by atoms with Crippen molar-refractivity contribution in [3.8, 4) is 0 Å². The summed E-state index contributed by atoms with van der Waals surface area (Å²) in [6.07, 6.45) is 0. The van der Waals surface area contributed by atoms with Crippen LogP contribution in [-0.4, -0.2) is 31.1 Å². The second-order valence-electron chi connectivity index (χ2n) is 4.32. The quantitative estimate of drug-likeness (QED) is 0.825. The number of likely N-dealkylation sites (N-methyl/N-ethyl adjacent to an activating group) is 2. The molecule has 0 fully saturated rings. The fourth-order valence-corrected chi connectivity index (χ4v) is 1.66. The average Bonchev–Trinajstić information content (AvgIpc) is 2.30. The van der Waals surface area contributed by atoms with E-state index in [0.717, 1.165) is 5.56 Å². The Hall–Kier alpha value is -0.930. The Labute approximate surface area is 97.5 Å². The summed E-state index contributed by atoms with van der Waals surface area (Å²) in [6, 6.07) is 7.69. The molecule has 16 heavy (non-hydrogen) atoms. The van der Waals surface area contributed by atoms with Crippen LogP contribution in [0.15, 0.2) is 24.3 Å². The molecule has 90 valence electrons. The zero-order chi connectivity index (χ0) is 12.1. The molecular formula is C13H21FN2. The molecule has 0 aliphatic rings. The molecule has 3 heteroatoms. The minimum absolute atomic E-state index is 0.126. The van der Waals surface area contributed by atoms with Crippen molar-refractivity contribution in [2.75, 3.05) is 14.1 Å². The highest BCUT2D eigenvalue weighted by Crippen LogP contribution is 2.11. The van der Waals surface area contributed by atoms with Crippen molar-refractivity contribution >= 4 is 0 Å². The Kier molecular flexibility index (Phi) is 4.90. The number of hydrogen-bond acceptors (Lipinski definition) is 2. The Bertz CT molecular complexity index is 327. The van der Waals surface area contributed by atoms with Crippen molar-refractivity contribution in [2.24, 2.45) is 0 Å². The summed E-state index contributed by atoms with van der Waals surface area (Å²) in [5.41, 5.74) is 0.750. The van der Waals surface area contributed by atoms with E-state index in [1.165, 1.54) is 6.07 Å². The van der Waals surface area contributed by atoms with Crippen LogP contribution in [0.25, 0.3) is 0 Å². The first-order valence-electron chi connectivity index (χ1n) is 5.67. The molecule has 0 heterocycles. The molecule has 2 atom stereocenters. The minimum Gasteiger partial charge on any atom is -0.316 e. The van der Waals surface area contributed by atoms with Crippen molar-refractivity contribution in [3.63, 3.8) is 0 Å². The van der Waals surface area contributed by atoms with Gasteiger partial charge in [-0.25, -0.2) is 4.39 Å². The Morgan fingerprint density at radius 3 is 2.50 bits per heavy atom. The van der Waals surface area contributed by atoms with Crippen LogP contribution in [0.4, 0.5) is 4.39 Å². The van der Waals surface area contributed by atoms with Gasteiger partial charge in [0.15, 0.2) is 0 Å². The van der Waals surface area contributed by atoms with Gasteiger partial charge < -0.3 is 5.32 Å². The highest BCUT2D eigenvalue weighted by atomic mass is 19.1. The highest BCUT2D eigenvalue weighted by Gasteiger charge is 2.16. The number of rotatable bonds is 5. The first-order chi connectivity index (χ1) is 7.56. The average molecular weight is 224 g/mol. The van der Waals surface area contributed by atoms with E-state index in [0.29, 0.717) is 18.6 Å². The van der Waals surface area contributed by atoms with Crippen LogP contribution >= 0.6 is 0 Å². The van der Waals surface area contributed by atoms with Gasteiger partial charge in [0.25, 0.3) is 0 Å². The third-order valence-corrected chi connectivity index (χ3v) is 3.25. The van der Waals surface area contributed by atoms with E-state index >= 15 is 0 Å². The lowest BCUT2D eigenvalue weighted by Crippen LogP contribution is -2.43. The predicted octanol–water partition coefficient (Wildman–Crippen LogP) is 2.25. The summed E-state index contributed by atoms with van der Waals surface area (Å²) in [6.45, 7) is 4.91. The van der Waals surface area contributed by atoms with Crippen LogP contribution in [-0.2, 0) is 6.54 Å². The normalized spacial score (nSPS) is 15.1. The van der Waals surface area contributed by atoms with E-state index in [-0.39, 0.29) is 5.82 Å². The molecule has 0 aliphatic carbocycles. The fourth-order valence-electron chi connectivity index (χ4n) is 1.66. The topological polar surface area (TPSA) is 15.3 Å². The number of nitrogens with one attached hydrogen (secondary N) is 1. The Morgan fingerprint density at radius 1 is 1.31 bits per heavy atom. The molecule has 0 aromatic heterocycles. The number of halogens is 1. The second-order valence-corrected chi connectivity index (χ2v) is 4.32. The van der Waals surface area contributed by atoms with E-state index in [1.807, 2.05) is 26.2 Å². The monoisotopic (exact) mass is 224 g/mol. The lowest BCUT2D eigenvalue weighted by molar-refractivity contribution is 0.208. The standard InChI is InChI=1S/C13H21FN2/c1-10(15-3)11(2)16(4)9-12-7-5-6-8-13(12)14/h5-8,10-11,15H,9H2,1-4H3. The third-order valence-electron chi connectivity index (χ3n) is 3.25. The summed E-state index contributed by atoms with van der Waals surface area (Å²) in [5, 5.41) is 3.21. The van der Waals surface area contributed by atoms with E-state index < -0.39 is 0 Å². The number of hydrogen-bond donors (Lipinski definition) is 1. The fraction of sp³-hybridized carbons (Fsp3) is 0.538. The van der Waals surface area contributed by atoms with Crippen LogP contribution in [0.2, 0.25) is 0 Å². The van der Waals surface area contributed by atoms with Crippen molar-refractivity contribution in [1.82, 2.24) is 10.2 Å². The van der Waals surface area contributed by atoms with E-state index in [2.05, 4.69) is 24.1 Å². The maximum absolute atomic E-state index is 13.5. The van der Waals surface area contributed by atoms with Crippen molar-refractivity contribution in [1.29, 1.82) is 0 Å². The molecule has 0 aliphatic heterocycles. The van der Waals surface area contributed by atoms with Gasteiger partial charge in [-0.3, -0.25) is 4.90 Å². The van der Waals surface area contributed by atoms with Crippen molar-refractivity contribution in [2.45, 2.75) is 32.5 Å². The first-order valence-corrected chi connectivity index (χ1v) is 5.67. The lowest BCUT2D eigenvalue weighted by Gasteiger charge is -2.29. The zero-order valence-corrected chi connectivity index (χ0v) is 10.5. The SMILES string of the molecule is CNC(C)C(C)N(C)Cc1ccccc1F. The molecule has 1 rings (SSSR count). The summed E-state index contributed by atoms with van der Waals surface area (Å²) < 4.78 is 13.5. The summed E-state index contributed by atoms with van der Waals surface area (Å²) in [5.74, 6) is -0.126. The van der Waals surface area contributed by atoms with Gasteiger partial charge in [-0.1, -0.05) is 18.2 Å². The molecule has 0 amide bonds. The lowest BCUT2D eigenvalue weighted by atomic mass is 10.1. The van der Waals surface area contributed by atoms with Gasteiger partial charge in [0.2, 0.25) is 0 Å². The molecule has 0 saturated carbocycles. The van der Waals surface area contributed by atoms with Crippen molar-refractivity contribution in [3.05, 3.63) is 35.6 Å². The summed E-state index contributed by atoms with van der Waals surface area (Å²) >= 11 is 0. The molecule has 1 N–H and O–H groups in total. The van der Waals surface area contributed by atoms with Crippen LogP contribution in [0.5, 0.6) is 0 Å². The van der Waals surface area contributed by atoms with Gasteiger partial charge in [-0.15, -0.1) is 0 Å². The van der Waals surface area contributed by atoms with Gasteiger partial charge in [-0.05, 0) is 34.0 Å². The predicted molar refractivity (Wildman–Crippen MR) is 65.9 cm³/mol. The van der Waals surface area contributed by atoms with Crippen LogP contribution in [0.3, 0.4) is 0 Å². The minimum atomic E-state index is -0.126. The molecule has 1 aromatic carbocycles. The summed E-state index contributed by atoms with van der Waals surface area (Å²) in [4.78, 5) is 2.15. The van der Waals surface area contributed by atoms with E-state index in [1.54, 1.807) is 6.07 Å². The maximum Gasteiger partial charge on any atom is 0.127 e. The van der Waals surface area contributed by atoms with Gasteiger partial charge in [0, 0.05) is 24.2 Å². The molecule has 0 saturated heterocycles. The first kappa shape index (κ1) is 13.1. The molecule has 0 bridgehead atoms. The number of benzene rings is 1.